The van der Waals surface area contributed by atoms with Gasteiger partial charge >= 0.3 is 0 Å². The van der Waals surface area contributed by atoms with Crippen LogP contribution in [0.5, 0.6) is 0 Å². The summed E-state index contributed by atoms with van der Waals surface area (Å²) < 4.78 is 5.40. The highest BCUT2D eigenvalue weighted by Gasteiger charge is 2.31. The van der Waals surface area contributed by atoms with Crippen molar-refractivity contribution in [3.63, 3.8) is 0 Å². The monoisotopic (exact) mass is 402 g/mol. The van der Waals surface area contributed by atoms with Crippen LogP contribution in [0.4, 0.5) is 0 Å². The van der Waals surface area contributed by atoms with Gasteiger partial charge in [-0.05, 0) is 44.4 Å². The summed E-state index contributed by atoms with van der Waals surface area (Å²) in [6.45, 7) is 3.68. The molecule has 4 rings (SSSR count). The Labute approximate surface area is 173 Å². The van der Waals surface area contributed by atoms with E-state index in [2.05, 4.69) is 10.1 Å². The Hall–Kier alpha value is -1.92. The van der Waals surface area contributed by atoms with Crippen molar-refractivity contribution in [1.82, 2.24) is 19.9 Å². The zero-order valence-electron chi connectivity index (χ0n) is 17.6. The predicted molar refractivity (Wildman–Crippen MR) is 108 cm³/mol. The van der Waals surface area contributed by atoms with Crippen molar-refractivity contribution in [3.05, 3.63) is 11.7 Å². The number of nitrogens with zero attached hydrogens (tertiary/aromatic N) is 4. The summed E-state index contributed by atoms with van der Waals surface area (Å²) in [5, 5.41) is 4.11. The van der Waals surface area contributed by atoms with Crippen LogP contribution in [0.15, 0.2) is 4.52 Å². The molecule has 7 heteroatoms. The molecule has 0 radical (unpaired) electrons. The molecule has 0 bridgehead atoms. The zero-order valence-corrected chi connectivity index (χ0v) is 17.6. The summed E-state index contributed by atoms with van der Waals surface area (Å²) >= 11 is 0. The molecule has 160 valence electrons. The van der Waals surface area contributed by atoms with Gasteiger partial charge in [0, 0.05) is 51.4 Å². The number of carbonyl (C=O) groups excluding carboxylic acids is 2. The number of rotatable bonds is 7. The fourth-order valence-corrected chi connectivity index (χ4v) is 5.03. The molecule has 2 saturated carbocycles. The van der Waals surface area contributed by atoms with Crippen LogP contribution >= 0.6 is 0 Å². The fourth-order valence-electron chi connectivity index (χ4n) is 5.03. The molecule has 1 atom stereocenters. The van der Waals surface area contributed by atoms with Crippen LogP contribution in [0.25, 0.3) is 0 Å². The molecule has 1 aliphatic heterocycles. The van der Waals surface area contributed by atoms with Gasteiger partial charge in [-0.3, -0.25) is 9.59 Å². The van der Waals surface area contributed by atoms with Crippen LogP contribution in [-0.4, -0.2) is 57.4 Å². The van der Waals surface area contributed by atoms with E-state index in [1.807, 2.05) is 9.80 Å². The second-order valence-corrected chi connectivity index (χ2v) is 9.13. The third-order valence-corrected chi connectivity index (χ3v) is 7.05. The van der Waals surface area contributed by atoms with Crippen molar-refractivity contribution in [2.24, 2.45) is 5.92 Å². The molecule has 1 unspecified atom stereocenters. The van der Waals surface area contributed by atoms with Crippen LogP contribution < -0.4 is 0 Å². The van der Waals surface area contributed by atoms with E-state index in [1.54, 1.807) is 6.92 Å². The van der Waals surface area contributed by atoms with E-state index >= 15 is 0 Å². The average molecular weight is 403 g/mol. The van der Waals surface area contributed by atoms with Gasteiger partial charge in [0.15, 0.2) is 5.82 Å². The Kier molecular flexibility index (Phi) is 6.50. The molecule has 7 nitrogen and oxygen atoms in total. The number of amides is 2. The number of piperidine rings is 1. The van der Waals surface area contributed by atoms with E-state index in [9.17, 15) is 9.59 Å². The molecule has 1 saturated heterocycles. The lowest BCUT2D eigenvalue weighted by Gasteiger charge is -2.39. The quantitative estimate of drug-likeness (QED) is 0.699. The van der Waals surface area contributed by atoms with Crippen LogP contribution in [-0.2, 0) is 16.0 Å². The van der Waals surface area contributed by atoms with Gasteiger partial charge in [-0.2, -0.15) is 4.98 Å². The second kappa shape index (κ2) is 9.26. The van der Waals surface area contributed by atoms with Gasteiger partial charge in [0.25, 0.3) is 0 Å². The van der Waals surface area contributed by atoms with Crippen molar-refractivity contribution < 1.29 is 14.1 Å². The van der Waals surface area contributed by atoms with Crippen molar-refractivity contribution in [1.29, 1.82) is 0 Å². The molecule has 2 heterocycles. The standard InChI is InChI=1S/C22H34N4O3/c1-16(27)26(13-11-20-23-22(29-24-20)18-8-4-9-18)19-10-5-12-25(15-19)21(28)14-17-6-2-3-7-17/h17-19H,2-15H2,1H3. The first-order valence-corrected chi connectivity index (χ1v) is 11.5. The molecule has 29 heavy (non-hydrogen) atoms. The first kappa shape index (κ1) is 20.4. The molecule has 3 aliphatic rings. The van der Waals surface area contributed by atoms with E-state index in [1.165, 1.54) is 32.1 Å². The topological polar surface area (TPSA) is 79.5 Å². The maximum absolute atomic E-state index is 12.8. The van der Waals surface area contributed by atoms with Gasteiger partial charge in [0.05, 0.1) is 0 Å². The first-order chi connectivity index (χ1) is 14.1. The molecule has 1 aromatic heterocycles. The van der Waals surface area contributed by atoms with E-state index in [0.29, 0.717) is 43.6 Å². The molecule has 2 amide bonds. The van der Waals surface area contributed by atoms with Crippen molar-refractivity contribution in [3.8, 4) is 0 Å². The largest absolute Gasteiger partial charge is 0.341 e. The minimum absolute atomic E-state index is 0.0582. The summed E-state index contributed by atoms with van der Waals surface area (Å²) in [7, 11) is 0. The maximum atomic E-state index is 12.8. The number of hydrogen-bond acceptors (Lipinski definition) is 5. The third kappa shape index (κ3) is 4.98. The second-order valence-electron chi connectivity index (χ2n) is 9.13. The SMILES string of the molecule is CC(=O)N(CCc1noc(C2CCC2)n1)C1CCCN(C(=O)CC2CCCC2)C1. The highest BCUT2D eigenvalue weighted by molar-refractivity contribution is 5.77. The zero-order chi connectivity index (χ0) is 20.2. The van der Waals surface area contributed by atoms with Gasteiger partial charge < -0.3 is 14.3 Å². The molecule has 0 N–H and O–H groups in total. The highest BCUT2D eigenvalue weighted by Crippen LogP contribution is 2.35. The van der Waals surface area contributed by atoms with Crippen LogP contribution in [0, 0.1) is 5.92 Å². The van der Waals surface area contributed by atoms with Crippen molar-refractivity contribution in [2.75, 3.05) is 19.6 Å². The molecular weight excluding hydrogens is 368 g/mol. The lowest BCUT2D eigenvalue weighted by atomic mass is 9.85. The van der Waals surface area contributed by atoms with E-state index in [-0.39, 0.29) is 17.9 Å². The Morgan fingerprint density at radius 3 is 2.59 bits per heavy atom. The van der Waals surface area contributed by atoms with Crippen molar-refractivity contribution in [2.45, 2.75) is 89.5 Å². The summed E-state index contributed by atoms with van der Waals surface area (Å²) in [5.41, 5.74) is 0. The summed E-state index contributed by atoms with van der Waals surface area (Å²) in [4.78, 5) is 33.5. The number of aromatic nitrogens is 2. The summed E-state index contributed by atoms with van der Waals surface area (Å²) in [6, 6.07) is 0.0896. The molecule has 2 aliphatic carbocycles. The maximum Gasteiger partial charge on any atom is 0.229 e. The van der Waals surface area contributed by atoms with Gasteiger partial charge in [-0.25, -0.2) is 0 Å². The lowest BCUT2D eigenvalue weighted by Crippen LogP contribution is -2.52. The van der Waals surface area contributed by atoms with Gasteiger partial charge in [0.2, 0.25) is 17.7 Å². The highest BCUT2D eigenvalue weighted by atomic mass is 16.5. The van der Waals surface area contributed by atoms with E-state index in [0.717, 1.165) is 38.1 Å². The molecule has 1 aromatic rings. The van der Waals surface area contributed by atoms with Gasteiger partial charge in [-0.15, -0.1) is 0 Å². The summed E-state index contributed by atoms with van der Waals surface area (Å²) in [6.07, 6.45) is 11.6. The average Bonchev–Trinajstić information content (AvgIpc) is 3.33. The Morgan fingerprint density at radius 1 is 1.10 bits per heavy atom. The molecule has 3 fully saturated rings. The van der Waals surface area contributed by atoms with E-state index in [4.69, 9.17) is 4.52 Å². The Balaban J connectivity index is 1.31. The Bertz CT molecular complexity index is 709. The molecule has 0 aromatic carbocycles. The van der Waals surface area contributed by atoms with Crippen LogP contribution in [0.1, 0.15) is 88.8 Å². The van der Waals surface area contributed by atoms with Crippen molar-refractivity contribution >= 4 is 11.8 Å². The fraction of sp³-hybridized carbons (Fsp3) is 0.818. The lowest BCUT2D eigenvalue weighted by molar-refractivity contribution is -0.139. The van der Waals surface area contributed by atoms with Crippen LogP contribution in [0.3, 0.4) is 0 Å². The Morgan fingerprint density at radius 2 is 1.90 bits per heavy atom. The smallest absolute Gasteiger partial charge is 0.229 e. The van der Waals surface area contributed by atoms with E-state index < -0.39 is 0 Å². The number of carbonyl (C=O) groups is 2. The van der Waals surface area contributed by atoms with Crippen LogP contribution in [0.2, 0.25) is 0 Å². The minimum Gasteiger partial charge on any atom is -0.341 e. The minimum atomic E-state index is 0.0582. The van der Waals surface area contributed by atoms with Gasteiger partial charge in [0.1, 0.15) is 0 Å². The predicted octanol–water partition coefficient (Wildman–Crippen LogP) is 3.30. The number of likely N-dealkylation sites (tertiary alicyclic amines) is 1. The molecular formula is C22H34N4O3. The third-order valence-electron chi connectivity index (χ3n) is 7.05. The van der Waals surface area contributed by atoms with Gasteiger partial charge in [-0.1, -0.05) is 24.4 Å². The summed E-state index contributed by atoms with van der Waals surface area (Å²) in [5.74, 6) is 2.76. The number of hydrogen-bond donors (Lipinski definition) is 0. The molecule has 0 spiro atoms. The normalized spacial score (nSPS) is 23.2. The first-order valence-electron chi connectivity index (χ1n) is 11.5.